The lowest BCUT2D eigenvalue weighted by Gasteiger charge is -2.28. The maximum absolute atomic E-state index is 13.0. The van der Waals surface area contributed by atoms with Crippen LogP contribution in [-0.2, 0) is 19.1 Å². The number of primary amides is 1. The van der Waals surface area contributed by atoms with Gasteiger partial charge in [0, 0.05) is 25.0 Å². The number of amides is 4. The number of hydrogen-bond donors (Lipinski definition) is 4. The summed E-state index contributed by atoms with van der Waals surface area (Å²) in [6.45, 7) is 16.6. The molecule has 5 N–H and O–H groups in total. The van der Waals surface area contributed by atoms with Gasteiger partial charge in [-0.15, -0.1) is 0 Å². The SMILES string of the molecule is CC(C)[C@H](NC(=O)CCOCCC(C)(C)C)C(=O)N[C@@H](CCCNC(N)=O)C(=O)C(C)(C)C. The van der Waals surface area contributed by atoms with E-state index < -0.39 is 29.4 Å². The van der Waals surface area contributed by atoms with E-state index in [0.29, 0.717) is 26.0 Å². The Kier molecular flexibility index (Phi) is 13.2. The lowest BCUT2D eigenvalue weighted by molar-refractivity contribution is -0.135. The van der Waals surface area contributed by atoms with Gasteiger partial charge in [0.25, 0.3) is 0 Å². The first-order valence-corrected chi connectivity index (χ1v) is 11.8. The van der Waals surface area contributed by atoms with Crippen molar-refractivity contribution in [2.45, 2.75) is 93.2 Å². The number of rotatable bonds is 14. The van der Waals surface area contributed by atoms with Crippen molar-refractivity contribution in [1.82, 2.24) is 16.0 Å². The minimum Gasteiger partial charge on any atom is -0.381 e. The summed E-state index contributed by atoms with van der Waals surface area (Å²) in [5, 5.41) is 8.07. The fourth-order valence-electron chi connectivity index (χ4n) is 3.00. The largest absolute Gasteiger partial charge is 0.381 e. The molecule has 0 heterocycles. The third-order valence-corrected chi connectivity index (χ3v) is 5.08. The Hall–Kier alpha value is -2.16. The number of nitrogens with one attached hydrogen (secondary N) is 3. The summed E-state index contributed by atoms with van der Waals surface area (Å²) in [5.41, 5.74) is 4.58. The summed E-state index contributed by atoms with van der Waals surface area (Å²) in [5.74, 6) is -0.963. The zero-order chi connectivity index (χ0) is 25.8. The van der Waals surface area contributed by atoms with Crippen molar-refractivity contribution in [3.63, 3.8) is 0 Å². The van der Waals surface area contributed by atoms with Crippen LogP contribution in [0.25, 0.3) is 0 Å². The predicted molar refractivity (Wildman–Crippen MR) is 129 cm³/mol. The van der Waals surface area contributed by atoms with E-state index in [1.165, 1.54) is 0 Å². The van der Waals surface area contributed by atoms with Gasteiger partial charge in [-0.3, -0.25) is 14.4 Å². The van der Waals surface area contributed by atoms with Gasteiger partial charge in [-0.05, 0) is 30.6 Å². The molecule has 0 aromatic carbocycles. The Balaban J connectivity index is 4.94. The zero-order valence-corrected chi connectivity index (χ0v) is 21.8. The number of ether oxygens (including phenoxy) is 1. The second kappa shape index (κ2) is 14.2. The minimum atomic E-state index is -0.772. The Bertz CT molecular complexity index is 650. The van der Waals surface area contributed by atoms with Crippen LogP contribution in [0.15, 0.2) is 0 Å². The summed E-state index contributed by atoms with van der Waals surface area (Å²) in [7, 11) is 0. The van der Waals surface area contributed by atoms with Crippen LogP contribution >= 0.6 is 0 Å². The molecule has 0 fully saturated rings. The van der Waals surface area contributed by atoms with E-state index in [-0.39, 0.29) is 36.1 Å². The van der Waals surface area contributed by atoms with Crippen molar-refractivity contribution in [3.05, 3.63) is 0 Å². The third-order valence-electron chi connectivity index (χ3n) is 5.08. The highest BCUT2D eigenvalue weighted by Gasteiger charge is 2.33. The molecule has 0 aliphatic rings. The quantitative estimate of drug-likeness (QED) is 0.289. The maximum atomic E-state index is 13.0. The van der Waals surface area contributed by atoms with Crippen LogP contribution < -0.4 is 21.7 Å². The fraction of sp³-hybridized carbons (Fsp3) is 0.833. The lowest BCUT2D eigenvalue weighted by Crippen LogP contribution is -2.55. The molecule has 0 spiro atoms. The van der Waals surface area contributed by atoms with Gasteiger partial charge in [0.2, 0.25) is 11.8 Å². The molecule has 0 aromatic rings. The van der Waals surface area contributed by atoms with E-state index in [1.807, 2.05) is 13.8 Å². The fourth-order valence-corrected chi connectivity index (χ4v) is 3.00. The second-order valence-electron chi connectivity index (χ2n) is 11.1. The molecule has 192 valence electrons. The molecule has 4 amide bonds. The first-order valence-electron chi connectivity index (χ1n) is 11.8. The molecule has 2 atom stereocenters. The minimum absolute atomic E-state index is 0.115. The van der Waals surface area contributed by atoms with E-state index in [2.05, 4.69) is 36.7 Å². The van der Waals surface area contributed by atoms with E-state index in [1.54, 1.807) is 20.8 Å². The highest BCUT2D eigenvalue weighted by Crippen LogP contribution is 2.20. The first-order chi connectivity index (χ1) is 15.0. The van der Waals surface area contributed by atoms with Crippen molar-refractivity contribution in [2.75, 3.05) is 19.8 Å². The van der Waals surface area contributed by atoms with E-state index in [9.17, 15) is 19.2 Å². The standard InChI is InChI=1S/C24H46N4O5/c1-16(2)19(28-18(29)11-14-33-15-12-23(3,4)5)21(31)27-17(20(30)24(6,7)8)10-9-13-26-22(25)32/h16-17,19H,9-15H2,1-8H3,(H,27,31)(H,28,29)(H3,25,26,32)/t17-,19-/m0/s1. The highest BCUT2D eigenvalue weighted by molar-refractivity contribution is 5.94. The molecule has 0 aliphatic carbocycles. The average Bonchev–Trinajstić information content (AvgIpc) is 2.65. The van der Waals surface area contributed by atoms with E-state index >= 15 is 0 Å². The summed E-state index contributed by atoms with van der Waals surface area (Å²) in [6, 6.07) is -2.14. The number of carbonyl (C=O) groups excluding carboxylic acids is 4. The Morgan fingerprint density at radius 2 is 1.55 bits per heavy atom. The molecule has 0 radical (unpaired) electrons. The molecule has 0 aromatic heterocycles. The van der Waals surface area contributed by atoms with Crippen molar-refractivity contribution >= 4 is 23.6 Å². The summed E-state index contributed by atoms with van der Waals surface area (Å²) in [6.07, 6.45) is 1.87. The molecular formula is C24H46N4O5. The molecule has 0 aliphatic heterocycles. The number of hydrogen-bond acceptors (Lipinski definition) is 5. The lowest BCUT2D eigenvalue weighted by atomic mass is 9.84. The van der Waals surface area contributed by atoms with Crippen LogP contribution in [0.3, 0.4) is 0 Å². The van der Waals surface area contributed by atoms with Gasteiger partial charge in [-0.2, -0.15) is 0 Å². The van der Waals surface area contributed by atoms with Crippen LogP contribution in [0.4, 0.5) is 4.79 Å². The van der Waals surface area contributed by atoms with E-state index in [4.69, 9.17) is 10.5 Å². The Labute approximate surface area is 199 Å². The smallest absolute Gasteiger partial charge is 0.312 e. The molecule has 33 heavy (non-hydrogen) atoms. The molecule has 0 unspecified atom stereocenters. The topological polar surface area (TPSA) is 140 Å². The van der Waals surface area contributed by atoms with Crippen molar-refractivity contribution < 1.29 is 23.9 Å². The Morgan fingerprint density at radius 3 is 2.03 bits per heavy atom. The van der Waals surface area contributed by atoms with Crippen molar-refractivity contribution in [2.24, 2.45) is 22.5 Å². The van der Waals surface area contributed by atoms with Crippen LogP contribution in [0.2, 0.25) is 0 Å². The van der Waals surface area contributed by atoms with Gasteiger partial charge >= 0.3 is 6.03 Å². The third kappa shape index (κ3) is 14.6. The van der Waals surface area contributed by atoms with E-state index in [0.717, 1.165) is 6.42 Å². The zero-order valence-electron chi connectivity index (χ0n) is 21.8. The predicted octanol–water partition coefficient (Wildman–Crippen LogP) is 2.52. The molecule has 0 saturated carbocycles. The van der Waals surface area contributed by atoms with Gasteiger partial charge in [0.15, 0.2) is 5.78 Å². The molecule has 0 bridgehead atoms. The van der Waals surface area contributed by atoms with Gasteiger partial charge in [0.1, 0.15) is 6.04 Å². The Morgan fingerprint density at radius 1 is 0.939 bits per heavy atom. The van der Waals surface area contributed by atoms with Crippen molar-refractivity contribution in [3.8, 4) is 0 Å². The number of Topliss-reactive ketones (excluding diaryl/α,β-unsaturated/α-hetero) is 1. The van der Waals surface area contributed by atoms with Crippen molar-refractivity contribution in [1.29, 1.82) is 0 Å². The monoisotopic (exact) mass is 470 g/mol. The van der Waals surface area contributed by atoms with Crippen LogP contribution in [-0.4, -0.2) is 55.5 Å². The second-order valence-corrected chi connectivity index (χ2v) is 11.1. The average molecular weight is 471 g/mol. The molecule has 0 saturated heterocycles. The summed E-state index contributed by atoms with van der Waals surface area (Å²) < 4.78 is 5.54. The van der Waals surface area contributed by atoms with Crippen LogP contribution in [0.5, 0.6) is 0 Å². The molecule has 9 heteroatoms. The molecular weight excluding hydrogens is 424 g/mol. The number of urea groups is 1. The molecule has 0 rings (SSSR count). The van der Waals surface area contributed by atoms with Gasteiger partial charge < -0.3 is 26.4 Å². The summed E-state index contributed by atoms with van der Waals surface area (Å²) in [4.78, 5) is 49.1. The molecule has 9 nitrogen and oxygen atoms in total. The normalized spacial score (nSPS) is 13.8. The number of ketones is 1. The van der Waals surface area contributed by atoms with Gasteiger partial charge in [0.05, 0.1) is 12.6 Å². The first kappa shape index (κ1) is 30.8. The highest BCUT2D eigenvalue weighted by atomic mass is 16.5. The van der Waals surface area contributed by atoms with Crippen LogP contribution in [0.1, 0.15) is 81.1 Å². The summed E-state index contributed by atoms with van der Waals surface area (Å²) >= 11 is 0. The number of carbonyl (C=O) groups is 4. The number of nitrogens with two attached hydrogens (primary N) is 1. The van der Waals surface area contributed by atoms with Crippen LogP contribution in [0, 0.1) is 16.7 Å². The van der Waals surface area contributed by atoms with Gasteiger partial charge in [-0.25, -0.2) is 4.79 Å². The van der Waals surface area contributed by atoms with Gasteiger partial charge in [-0.1, -0.05) is 55.4 Å². The maximum Gasteiger partial charge on any atom is 0.312 e.